The van der Waals surface area contributed by atoms with E-state index in [0.717, 1.165) is 37.7 Å². The second-order valence-corrected chi connectivity index (χ2v) is 5.88. The van der Waals surface area contributed by atoms with Gasteiger partial charge in [-0.25, -0.2) is 4.39 Å². The highest BCUT2D eigenvalue weighted by atomic mass is 35.5. The molecule has 2 fully saturated rings. The molecular weight excluding hydrogens is 310 g/mol. The van der Waals surface area contributed by atoms with Crippen LogP contribution in [0.4, 0.5) is 4.39 Å². The van der Waals surface area contributed by atoms with E-state index >= 15 is 0 Å². The minimum atomic E-state index is -0.0584. The molecule has 2 aliphatic rings. The summed E-state index contributed by atoms with van der Waals surface area (Å²) < 4.78 is 13.9. The highest BCUT2D eigenvalue weighted by Crippen LogP contribution is 2.42. The molecular formula is C16H25Cl2FN2. The summed E-state index contributed by atoms with van der Waals surface area (Å²) in [4.78, 5) is 2.56. The van der Waals surface area contributed by atoms with Gasteiger partial charge in [0, 0.05) is 32.2 Å². The van der Waals surface area contributed by atoms with E-state index in [2.05, 4.69) is 16.3 Å². The van der Waals surface area contributed by atoms with Gasteiger partial charge < -0.3 is 5.32 Å². The monoisotopic (exact) mass is 334 g/mol. The molecule has 0 radical (unpaired) electrons. The number of hydrogen-bond donors (Lipinski definition) is 1. The largest absolute Gasteiger partial charge is 0.314 e. The molecule has 0 unspecified atom stereocenters. The first kappa shape index (κ1) is 18.7. The van der Waals surface area contributed by atoms with Crippen LogP contribution in [0.2, 0.25) is 0 Å². The van der Waals surface area contributed by atoms with Gasteiger partial charge in [0.2, 0.25) is 0 Å². The Hall–Kier alpha value is -0.350. The van der Waals surface area contributed by atoms with E-state index < -0.39 is 0 Å². The fourth-order valence-electron chi connectivity index (χ4n) is 3.41. The third-order valence-corrected chi connectivity index (χ3v) is 4.77. The highest BCUT2D eigenvalue weighted by molar-refractivity contribution is 5.85. The molecule has 120 valence electrons. The van der Waals surface area contributed by atoms with E-state index in [1.807, 2.05) is 13.0 Å². The molecule has 1 aromatic carbocycles. The van der Waals surface area contributed by atoms with Crippen molar-refractivity contribution in [1.82, 2.24) is 10.2 Å². The fraction of sp³-hybridized carbons (Fsp3) is 0.625. The summed E-state index contributed by atoms with van der Waals surface area (Å²) >= 11 is 0. The molecule has 1 heterocycles. The lowest BCUT2D eigenvalue weighted by molar-refractivity contribution is 0.0830. The Kier molecular flexibility index (Phi) is 7.41. The first-order valence-electron chi connectivity index (χ1n) is 7.47. The van der Waals surface area contributed by atoms with E-state index in [4.69, 9.17) is 0 Å². The van der Waals surface area contributed by atoms with Crippen molar-refractivity contribution in [3.8, 4) is 0 Å². The molecule has 3 rings (SSSR count). The number of piperazine rings is 1. The molecule has 2 nitrogen and oxygen atoms in total. The first-order chi connectivity index (χ1) is 9.27. The molecule has 1 aliphatic carbocycles. The van der Waals surface area contributed by atoms with Crippen molar-refractivity contribution in [1.29, 1.82) is 0 Å². The summed E-state index contributed by atoms with van der Waals surface area (Å²) in [5, 5.41) is 3.41. The summed E-state index contributed by atoms with van der Waals surface area (Å²) in [5.74, 6) is 0.663. The summed E-state index contributed by atoms with van der Waals surface area (Å²) in [5.41, 5.74) is 2.06. The first-order valence-corrected chi connectivity index (χ1v) is 7.47. The summed E-state index contributed by atoms with van der Waals surface area (Å²) in [6, 6.07) is 6.00. The fourth-order valence-corrected chi connectivity index (χ4v) is 3.41. The quantitative estimate of drug-likeness (QED) is 0.906. The van der Waals surface area contributed by atoms with Crippen LogP contribution in [0.15, 0.2) is 18.2 Å². The van der Waals surface area contributed by atoms with Gasteiger partial charge >= 0.3 is 0 Å². The van der Waals surface area contributed by atoms with E-state index in [9.17, 15) is 4.39 Å². The molecule has 0 spiro atoms. The van der Waals surface area contributed by atoms with Crippen LogP contribution in [-0.4, -0.2) is 31.1 Å². The van der Waals surface area contributed by atoms with Crippen molar-refractivity contribution < 1.29 is 4.39 Å². The lowest BCUT2D eigenvalue weighted by Gasteiger charge is -2.43. The zero-order chi connectivity index (χ0) is 13.2. The van der Waals surface area contributed by atoms with E-state index in [0.29, 0.717) is 6.04 Å². The van der Waals surface area contributed by atoms with E-state index in [1.165, 1.54) is 24.8 Å². The molecule has 1 saturated heterocycles. The van der Waals surface area contributed by atoms with Crippen LogP contribution in [-0.2, 0) is 0 Å². The van der Waals surface area contributed by atoms with Crippen molar-refractivity contribution in [2.75, 3.05) is 26.2 Å². The summed E-state index contributed by atoms with van der Waals surface area (Å²) in [6.07, 6.45) is 3.93. The van der Waals surface area contributed by atoms with Gasteiger partial charge in [-0.2, -0.15) is 0 Å². The summed E-state index contributed by atoms with van der Waals surface area (Å²) in [7, 11) is 0. The molecule has 5 heteroatoms. The van der Waals surface area contributed by atoms with Gasteiger partial charge in [-0.15, -0.1) is 24.8 Å². The number of hydrogen-bond acceptors (Lipinski definition) is 2. The number of nitrogens with one attached hydrogen (secondary N) is 1. The maximum absolute atomic E-state index is 13.9. The SMILES string of the molecule is Cc1c(F)cccc1[C@@H](C1CCC1)N1CCNCC1.Cl.Cl. The normalized spacial score (nSPS) is 20.9. The van der Waals surface area contributed by atoms with E-state index in [1.54, 1.807) is 6.07 Å². The molecule has 0 bridgehead atoms. The Bertz CT molecular complexity index is 446. The predicted octanol–water partition coefficient (Wildman–Crippen LogP) is 3.72. The maximum atomic E-state index is 13.9. The number of rotatable bonds is 3. The average molecular weight is 335 g/mol. The van der Waals surface area contributed by atoms with Crippen LogP contribution in [0.1, 0.15) is 36.4 Å². The van der Waals surface area contributed by atoms with Crippen LogP contribution in [0.5, 0.6) is 0 Å². The van der Waals surface area contributed by atoms with Gasteiger partial charge in [-0.1, -0.05) is 18.6 Å². The molecule has 0 aromatic heterocycles. The van der Waals surface area contributed by atoms with Crippen LogP contribution in [0.25, 0.3) is 0 Å². The molecule has 1 aromatic rings. The van der Waals surface area contributed by atoms with Gasteiger partial charge in [-0.05, 0) is 42.9 Å². The van der Waals surface area contributed by atoms with Gasteiger partial charge in [0.1, 0.15) is 5.82 Å². The third-order valence-electron chi connectivity index (χ3n) is 4.77. The predicted molar refractivity (Wildman–Crippen MR) is 90.2 cm³/mol. The van der Waals surface area contributed by atoms with Gasteiger partial charge in [0.05, 0.1) is 0 Å². The van der Waals surface area contributed by atoms with Crippen LogP contribution >= 0.6 is 24.8 Å². The zero-order valence-electron chi connectivity index (χ0n) is 12.5. The van der Waals surface area contributed by atoms with Crippen molar-refractivity contribution in [2.24, 2.45) is 5.92 Å². The minimum Gasteiger partial charge on any atom is -0.314 e. The van der Waals surface area contributed by atoms with Crippen LogP contribution in [0.3, 0.4) is 0 Å². The second-order valence-electron chi connectivity index (χ2n) is 5.88. The number of nitrogens with zero attached hydrogens (tertiary/aromatic N) is 1. The van der Waals surface area contributed by atoms with Gasteiger partial charge in [0.15, 0.2) is 0 Å². The Morgan fingerprint density at radius 3 is 2.43 bits per heavy atom. The molecule has 0 amide bonds. The van der Waals surface area contributed by atoms with Crippen molar-refractivity contribution in [2.45, 2.75) is 32.2 Å². The van der Waals surface area contributed by atoms with Crippen LogP contribution in [0, 0.1) is 18.7 Å². The van der Waals surface area contributed by atoms with Crippen molar-refractivity contribution >= 4 is 24.8 Å². The smallest absolute Gasteiger partial charge is 0.126 e. The van der Waals surface area contributed by atoms with E-state index in [-0.39, 0.29) is 30.6 Å². The molecule has 21 heavy (non-hydrogen) atoms. The molecule has 1 aliphatic heterocycles. The average Bonchev–Trinajstić information content (AvgIpc) is 2.38. The lowest BCUT2D eigenvalue weighted by Crippen LogP contribution is -2.48. The Morgan fingerprint density at radius 2 is 1.86 bits per heavy atom. The Balaban J connectivity index is 0.00000110. The maximum Gasteiger partial charge on any atom is 0.126 e. The summed E-state index contributed by atoms with van der Waals surface area (Å²) in [6.45, 7) is 6.20. The van der Waals surface area contributed by atoms with Crippen LogP contribution < -0.4 is 5.32 Å². The van der Waals surface area contributed by atoms with Gasteiger partial charge in [0.25, 0.3) is 0 Å². The Morgan fingerprint density at radius 1 is 1.19 bits per heavy atom. The zero-order valence-corrected chi connectivity index (χ0v) is 14.1. The van der Waals surface area contributed by atoms with Crippen molar-refractivity contribution in [3.63, 3.8) is 0 Å². The number of benzene rings is 1. The lowest BCUT2D eigenvalue weighted by atomic mass is 9.75. The number of halogens is 3. The minimum absolute atomic E-state index is 0. The topological polar surface area (TPSA) is 15.3 Å². The third kappa shape index (κ3) is 3.89. The van der Waals surface area contributed by atoms with Crippen molar-refractivity contribution in [3.05, 3.63) is 35.1 Å². The Labute approximate surface area is 139 Å². The molecule has 1 N–H and O–H groups in total. The highest BCUT2D eigenvalue weighted by Gasteiger charge is 2.34. The molecule has 1 atom stereocenters. The second kappa shape index (κ2) is 8.33. The van der Waals surface area contributed by atoms with Gasteiger partial charge in [-0.3, -0.25) is 4.90 Å². The molecule has 1 saturated carbocycles. The standard InChI is InChI=1S/C16H23FN2.2ClH/c1-12-14(6-3-7-15(12)17)16(13-4-2-5-13)19-10-8-18-9-11-19;;/h3,6-7,13,16,18H,2,4-5,8-11H2,1H3;2*1H/t16-;;/m1../s1.